The summed E-state index contributed by atoms with van der Waals surface area (Å²) in [5.41, 5.74) is 2.17. The zero-order valence-corrected chi connectivity index (χ0v) is 20.6. The van der Waals surface area contributed by atoms with Crippen molar-refractivity contribution in [2.45, 2.75) is 33.4 Å². The number of anilines is 1. The van der Waals surface area contributed by atoms with E-state index >= 15 is 0 Å². The summed E-state index contributed by atoms with van der Waals surface area (Å²) in [7, 11) is 1.59. The van der Waals surface area contributed by atoms with Gasteiger partial charge >= 0.3 is 0 Å². The van der Waals surface area contributed by atoms with E-state index in [1.54, 1.807) is 20.1 Å². The third-order valence-electron chi connectivity index (χ3n) is 6.31. The van der Waals surface area contributed by atoms with Gasteiger partial charge in [0.25, 0.3) is 5.91 Å². The molecule has 3 aromatic carbocycles. The van der Waals surface area contributed by atoms with Gasteiger partial charge in [-0.25, -0.2) is 0 Å². The Hall–Kier alpha value is -3.87. The molecule has 4 rings (SSSR count). The summed E-state index contributed by atoms with van der Waals surface area (Å²) in [6, 6.07) is 18.0. The summed E-state index contributed by atoms with van der Waals surface area (Å²) in [5, 5.41) is 4.74. The Balaban J connectivity index is 1.60. The van der Waals surface area contributed by atoms with Crippen LogP contribution >= 0.6 is 0 Å². The van der Waals surface area contributed by atoms with E-state index < -0.39 is 6.04 Å². The van der Waals surface area contributed by atoms with Crippen LogP contribution < -0.4 is 15.0 Å². The molecule has 3 aromatic rings. The molecule has 3 amide bonds. The van der Waals surface area contributed by atoms with Gasteiger partial charge in [-0.15, -0.1) is 0 Å². The summed E-state index contributed by atoms with van der Waals surface area (Å²) in [4.78, 5) is 42.8. The van der Waals surface area contributed by atoms with E-state index in [0.29, 0.717) is 17.9 Å². The number of carbonyl (C=O) groups is 3. The molecule has 0 fully saturated rings. The van der Waals surface area contributed by atoms with Gasteiger partial charge in [-0.05, 0) is 48.1 Å². The quantitative estimate of drug-likeness (QED) is 0.510. The summed E-state index contributed by atoms with van der Waals surface area (Å²) >= 11 is 0. The van der Waals surface area contributed by atoms with E-state index in [0.717, 1.165) is 22.0 Å². The van der Waals surface area contributed by atoms with Gasteiger partial charge in [-0.2, -0.15) is 0 Å². The minimum atomic E-state index is -0.709. The minimum absolute atomic E-state index is 0.148. The van der Waals surface area contributed by atoms with Gasteiger partial charge < -0.3 is 15.0 Å². The van der Waals surface area contributed by atoms with Crippen LogP contribution in [0.3, 0.4) is 0 Å². The molecule has 1 N–H and O–H groups in total. The van der Waals surface area contributed by atoms with Gasteiger partial charge in [0.05, 0.1) is 12.8 Å². The average Bonchev–Trinajstić information content (AvgIpc) is 3.13. The van der Waals surface area contributed by atoms with Crippen molar-refractivity contribution in [3.8, 4) is 5.75 Å². The summed E-state index contributed by atoms with van der Waals surface area (Å²) in [6.45, 7) is 6.36. The molecule has 0 aliphatic carbocycles. The average molecular weight is 474 g/mol. The molecule has 7 nitrogen and oxygen atoms in total. The van der Waals surface area contributed by atoms with E-state index in [4.69, 9.17) is 4.74 Å². The number of rotatable bonds is 9. The number of ether oxygens (including phenoxy) is 1. The van der Waals surface area contributed by atoms with Crippen LogP contribution in [-0.2, 0) is 16.1 Å². The molecule has 0 bridgehead atoms. The lowest BCUT2D eigenvalue weighted by molar-refractivity contribution is -0.139. The number of carbonyl (C=O) groups excluding carboxylic acids is 3. The largest absolute Gasteiger partial charge is 0.497 e. The second-order valence-corrected chi connectivity index (χ2v) is 9.26. The molecule has 1 heterocycles. The normalized spacial score (nSPS) is 13.3. The maximum Gasteiger partial charge on any atom is 0.259 e. The maximum absolute atomic E-state index is 13.7. The van der Waals surface area contributed by atoms with Crippen molar-refractivity contribution in [3.63, 3.8) is 0 Å². The first kappa shape index (κ1) is 24.3. The van der Waals surface area contributed by atoms with Crippen LogP contribution in [0.25, 0.3) is 10.8 Å². The highest BCUT2D eigenvalue weighted by Crippen LogP contribution is 2.37. The number of nitrogens with one attached hydrogen (secondary N) is 1. The Morgan fingerprint density at radius 1 is 1.00 bits per heavy atom. The van der Waals surface area contributed by atoms with E-state index in [2.05, 4.69) is 5.32 Å². The van der Waals surface area contributed by atoms with Crippen molar-refractivity contribution in [1.29, 1.82) is 0 Å². The van der Waals surface area contributed by atoms with Crippen molar-refractivity contribution < 1.29 is 19.1 Å². The molecule has 0 spiro atoms. The Kier molecular flexibility index (Phi) is 7.05. The molecular weight excluding hydrogens is 442 g/mol. The van der Waals surface area contributed by atoms with Crippen LogP contribution in [0.2, 0.25) is 0 Å². The van der Waals surface area contributed by atoms with Gasteiger partial charge in [-0.1, -0.05) is 50.2 Å². The fourth-order valence-corrected chi connectivity index (χ4v) is 4.32. The molecule has 35 heavy (non-hydrogen) atoms. The number of hydrogen-bond acceptors (Lipinski definition) is 4. The fourth-order valence-electron chi connectivity index (χ4n) is 4.32. The van der Waals surface area contributed by atoms with Crippen LogP contribution in [0.4, 0.5) is 5.69 Å². The SMILES string of the molecule is COc1ccc(CN(C(=O)CN2C(=O)c3cccc4cccc2c34)C(C)C(=O)NCC(C)C)cc1. The van der Waals surface area contributed by atoms with Gasteiger partial charge in [0.1, 0.15) is 18.3 Å². The number of methoxy groups -OCH3 is 1. The molecule has 0 saturated heterocycles. The lowest BCUT2D eigenvalue weighted by Crippen LogP contribution is -2.51. The third-order valence-corrected chi connectivity index (χ3v) is 6.31. The van der Waals surface area contributed by atoms with E-state index in [9.17, 15) is 14.4 Å². The van der Waals surface area contributed by atoms with Crippen LogP contribution in [0.15, 0.2) is 60.7 Å². The van der Waals surface area contributed by atoms with Crippen LogP contribution in [0.5, 0.6) is 5.75 Å². The second kappa shape index (κ2) is 10.2. The third kappa shape index (κ3) is 4.99. The van der Waals surface area contributed by atoms with E-state index in [-0.39, 0.29) is 36.7 Å². The predicted molar refractivity (Wildman–Crippen MR) is 136 cm³/mol. The number of nitrogens with zero attached hydrogens (tertiary/aromatic N) is 2. The summed E-state index contributed by atoms with van der Waals surface area (Å²) in [5.74, 6) is 0.275. The van der Waals surface area contributed by atoms with E-state index in [1.165, 1.54) is 9.80 Å². The molecular formula is C28H31N3O4. The highest BCUT2D eigenvalue weighted by molar-refractivity contribution is 6.26. The van der Waals surface area contributed by atoms with E-state index in [1.807, 2.05) is 68.4 Å². The van der Waals surface area contributed by atoms with Crippen LogP contribution in [0.1, 0.15) is 36.7 Å². The van der Waals surface area contributed by atoms with Crippen LogP contribution in [-0.4, -0.2) is 48.9 Å². The fraction of sp³-hybridized carbons (Fsp3) is 0.321. The van der Waals surface area contributed by atoms with Gasteiger partial charge in [0.15, 0.2) is 0 Å². The van der Waals surface area contributed by atoms with Crippen molar-refractivity contribution in [2.75, 3.05) is 25.1 Å². The lowest BCUT2D eigenvalue weighted by Gasteiger charge is -2.31. The molecule has 7 heteroatoms. The molecule has 182 valence electrons. The molecule has 1 atom stereocenters. The van der Waals surface area contributed by atoms with Crippen molar-refractivity contribution in [2.24, 2.45) is 5.92 Å². The second-order valence-electron chi connectivity index (χ2n) is 9.26. The molecule has 0 radical (unpaired) electrons. The van der Waals surface area contributed by atoms with Gasteiger partial charge in [0.2, 0.25) is 11.8 Å². The Labute approximate surface area is 205 Å². The zero-order chi connectivity index (χ0) is 25.1. The molecule has 0 saturated carbocycles. The molecule has 1 aliphatic heterocycles. The maximum atomic E-state index is 13.7. The molecule has 1 unspecified atom stereocenters. The summed E-state index contributed by atoms with van der Waals surface area (Å²) in [6.07, 6.45) is 0. The highest BCUT2D eigenvalue weighted by Gasteiger charge is 2.34. The smallest absolute Gasteiger partial charge is 0.259 e. The van der Waals surface area contributed by atoms with Crippen molar-refractivity contribution in [3.05, 3.63) is 71.8 Å². The van der Waals surface area contributed by atoms with Crippen molar-refractivity contribution in [1.82, 2.24) is 10.2 Å². The lowest BCUT2D eigenvalue weighted by atomic mass is 10.1. The highest BCUT2D eigenvalue weighted by atomic mass is 16.5. The Morgan fingerprint density at radius 3 is 2.34 bits per heavy atom. The standard InChI is InChI=1S/C28H31N3O4/c1-18(2)15-29-27(33)19(3)30(16-20-11-13-22(35-4)14-12-20)25(32)17-31-24-10-6-8-21-7-5-9-23(26(21)24)28(31)34/h5-14,18-19H,15-17H2,1-4H3,(H,29,33). The van der Waals surface area contributed by atoms with Gasteiger partial charge in [0, 0.05) is 24.0 Å². The monoisotopic (exact) mass is 473 g/mol. The van der Waals surface area contributed by atoms with Gasteiger partial charge in [-0.3, -0.25) is 19.3 Å². The summed E-state index contributed by atoms with van der Waals surface area (Å²) < 4.78 is 5.23. The predicted octanol–water partition coefficient (Wildman–Crippen LogP) is 4.00. The molecule has 1 aliphatic rings. The van der Waals surface area contributed by atoms with Crippen molar-refractivity contribution >= 4 is 34.2 Å². The number of benzene rings is 3. The number of amides is 3. The minimum Gasteiger partial charge on any atom is -0.497 e. The Morgan fingerprint density at radius 2 is 1.69 bits per heavy atom. The molecule has 0 aromatic heterocycles. The Bertz CT molecular complexity index is 1250. The number of hydrogen-bond donors (Lipinski definition) is 1. The first-order chi connectivity index (χ1) is 16.8. The first-order valence-corrected chi connectivity index (χ1v) is 11.8. The topological polar surface area (TPSA) is 79.0 Å². The first-order valence-electron chi connectivity index (χ1n) is 11.8. The van der Waals surface area contributed by atoms with Crippen LogP contribution in [0, 0.1) is 5.92 Å². The zero-order valence-electron chi connectivity index (χ0n) is 20.6.